The van der Waals surface area contributed by atoms with Crippen molar-refractivity contribution < 1.29 is 13.2 Å². The molecular formula is C14H21N3O3S. The van der Waals surface area contributed by atoms with Crippen molar-refractivity contribution in [3.63, 3.8) is 0 Å². The molecule has 1 aliphatic rings. The number of anilines is 1. The Hall–Kier alpha value is -1.76. The highest BCUT2D eigenvalue weighted by atomic mass is 32.2. The van der Waals surface area contributed by atoms with Crippen molar-refractivity contribution in [2.24, 2.45) is 0 Å². The number of hydrogen-bond acceptors (Lipinski definition) is 4. The van der Waals surface area contributed by atoms with Crippen molar-refractivity contribution in [2.75, 3.05) is 36.5 Å². The fraction of sp³-hybridized carbons (Fsp3) is 0.500. The molecule has 0 aromatic heterocycles. The third kappa shape index (κ3) is 5.26. The molecule has 21 heavy (non-hydrogen) atoms. The number of hydrogen-bond donors (Lipinski definition) is 2. The van der Waals surface area contributed by atoms with Gasteiger partial charge in [-0.25, -0.2) is 13.2 Å². The molecule has 0 unspecified atom stereocenters. The predicted molar refractivity (Wildman–Crippen MR) is 83.3 cm³/mol. The molecule has 0 saturated carbocycles. The maximum absolute atomic E-state index is 11.7. The van der Waals surface area contributed by atoms with E-state index in [0.29, 0.717) is 0 Å². The summed E-state index contributed by atoms with van der Waals surface area (Å²) in [6, 6.07) is 9.84. The average molecular weight is 311 g/mol. The van der Waals surface area contributed by atoms with Gasteiger partial charge >= 0.3 is 6.03 Å². The van der Waals surface area contributed by atoms with E-state index in [0.717, 1.165) is 31.5 Å². The lowest BCUT2D eigenvalue weighted by Gasteiger charge is -2.19. The van der Waals surface area contributed by atoms with Crippen LogP contribution in [-0.2, 0) is 9.84 Å². The Kier molecular flexibility index (Phi) is 5.06. The Bertz CT molecular complexity index is 574. The van der Waals surface area contributed by atoms with Gasteiger partial charge in [-0.1, -0.05) is 18.2 Å². The van der Waals surface area contributed by atoms with Gasteiger partial charge in [-0.2, -0.15) is 0 Å². The summed E-state index contributed by atoms with van der Waals surface area (Å²) in [7, 11) is -3.04. The van der Waals surface area contributed by atoms with Crippen molar-refractivity contribution >= 4 is 21.6 Å². The first-order valence-corrected chi connectivity index (χ1v) is 9.02. The Morgan fingerprint density at radius 2 is 2.05 bits per heavy atom. The van der Waals surface area contributed by atoms with Crippen LogP contribution in [0, 0.1) is 0 Å². The van der Waals surface area contributed by atoms with Crippen LogP contribution in [0.2, 0.25) is 0 Å². The van der Waals surface area contributed by atoms with E-state index in [9.17, 15) is 13.2 Å². The Labute approximate surface area is 125 Å². The third-order valence-corrected chi connectivity index (χ3v) is 4.35. The van der Waals surface area contributed by atoms with Crippen LogP contribution in [0.15, 0.2) is 30.3 Å². The molecule has 0 spiro atoms. The zero-order chi connectivity index (χ0) is 15.3. The zero-order valence-corrected chi connectivity index (χ0v) is 12.9. The largest absolute Gasteiger partial charge is 0.369 e. The van der Waals surface area contributed by atoms with Crippen LogP contribution in [0.5, 0.6) is 0 Å². The second-order valence-corrected chi connectivity index (χ2v) is 7.56. The number of nitrogens with one attached hydrogen (secondary N) is 2. The monoisotopic (exact) mass is 311 g/mol. The highest BCUT2D eigenvalue weighted by Crippen LogP contribution is 2.19. The molecule has 2 N–H and O–H groups in total. The molecule has 1 aliphatic heterocycles. The lowest BCUT2D eigenvalue weighted by Crippen LogP contribution is -2.44. The fourth-order valence-corrected chi connectivity index (χ4v) is 2.81. The molecule has 7 heteroatoms. The normalized spacial score (nSPS) is 18.5. The highest BCUT2D eigenvalue weighted by molar-refractivity contribution is 7.90. The number of carbonyl (C=O) groups is 1. The number of nitrogens with zero attached hydrogens (tertiary/aromatic N) is 1. The van der Waals surface area contributed by atoms with Gasteiger partial charge in [-0.05, 0) is 18.6 Å². The lowest BCUT2D eigenvalue weighted by molar-refractivity contribution is 0.238. The second kappa shape index (κ2) is 6.80. The van der Waals surface area contributed by atoms with E-state index in [4.69, 9.17) is 0 Å². The summed E-state index contributed by atoms with van der Waals surface area (Å²) in [6.45, 7) is 1.81. The quantitative estimate of drug-likeness (QED) is 0.835. The summed E-state index contributed by atoms with van der Waals surface area (Å²) in [5, 5.41) is 5.45. The van der Waals surface area contributed by atoms with Gasteiger partial charge < -0.3 is 15.5 Å². The van der Waals surface area contributed by atoms with Gasteiger partial charge in [0.1, 0.15) is 9.84 Å². The van der Waals surface area contributed by atoms with E-state index in [1.165, 1.54) is 0 Å². The van der Waals surface area contributed by atoms with E-state index in [-0.39, 0.29) is 24.4 Å². The molecule has 1 fully saturated rings. The smallest absolute Gasteiger partial charge is 0.315 e. The van der Waals surface area contributed by atoms with Crippen LogP contribution < -0.4 is 15.5 Å². The Balaban J connectivity index is 1.74. The molecule has 2 rings (SSSR count). The Morgan fingerprint density at radius 3 is 2.71 bits per heavy atom. The van der Waals surface area contributed by atoms with E-state index < -0.39 is 9.84 Å². The van der Waals surface area contributed by atoms with Gasteiger partial charge in [-0.3, -0.25) is 0 Å². The van der Waals surface area contributed by atoms with Crippen molar-refractivity contribution in [2.45, 2.75) is 12.5 Å². The van der Waals surface area contributed by atoms with Gasteiger partial charge in [-0.15, -0.1) is 0 Å². The number of para-hydroxylation sites is 1. The van der Waals surface area contributed by atoms with Gasteiger partial charge in [0.2, 0.25) is 0 Å². The van der Waals surface area contributed by atoms with Crippen LogP contribution in [-0.4, -0.2) is 52.1 Å². The van der Waals surface area contributed by atoms with Crippen molar-refractivity contribution in [3.8, 4) is 0 Å². The van der Waals surface area contributed by atoms with E-state index in [1.54, 1.807) is 0 Å². The van der Waals surface area contributed by atoms with Crippen LogP contribution in [0.4, 0.5) is 10.5 Å². The van der Waals surface area contributed by atoms with Gasteiger partial charge in [0.05, 0.1) is 5.75 Å². The zero-order valence-electron chi connectivity index (χ0n) is 12.1. The van der Waals surface area contributed by atoms with E-state index >= 15 is 0 Å². The summed E-state index contributed by atoms with van der Waals surface area (Å²) in [6.07, 6.45) is 2.04. The molecule has 1 atom stereocenters. The molecular weight excluding hydrogens is 290 g/mol. The molecule has 6 nitrogen and oxygen atoms in total. The Morgan fingerprint density at radius 1 is 1.33 bits per heavy atom. The number of carbonyl (C=O) groups excluding carboxylic acids is 1. The van der Waals surface area contributed by atoms with Crippen LogP contribution >= 0.6 is 0 Å². The van der Waals surface area contributed by atoms with Gasteiger partial charge in [0.25, 0.3) is 0 Å². The maximum atomic E-state index is 11.7. The first kappa shape index (κ1) is 15.6. The maximum Gasteiger partial charge on any atom is 0.315 e. The third-order valence-electron chi connectivity index (χ3n) is 3.40. The fourth-order valence-electron chi connectivity index (χ4n) is 2.34. The SMILES string of the molecule is CS(=O)(=O)CCNC(=O)N[C@H]1CCN(c2ccccc2)C1. The van der Waals surface area contributed by atoms with E-state index in [2.05, 4.69) is 27.7 Å². The summed E-state index contributed by atoms with van der Waals surface area (Å²) in [4.78, 5) is 13.9. The number of sulfone groups is 1. The molecule has 1 saturated heterocycles. The van der Waals surface area contributed by atoms with Gasteiger partial charge in [0, 0.05) is 37.6 Å². The first-order valence-electron chi connectivity index (χ1n) is 6.96. The molecule has 1 heterocycles. The van der Waals surface area contributed by atoms with Gasteiger partial charge in [0.15, 0.2) is 0 Å². The average Bonchev–Trinajstić information content (AvgIpc) is 2.86. The molecule has 1 aromatic carbocycles. The number of benzene rings is 1. The highest BCUT2D eigenvalue weighted by Gasteiger charge is 2.23. The van der Waals surface area contributed by atoms with Crippen molar-refractivity contribution in [3.05, 3.63) is 30.3 Å². The molecule has 2 amide bonds. The predicted octanol–water partition coefficient (Wildman–Crippen LogP) is 0.609. The lowest BCUT2D eigenvalue weighted by atomic mass is 10.3. The number of urea groups is 1. The number of amides is 2. The summed E-state index contributed by atoms with van der Waals surface area (Å²) in [5.74, 6) is -0.0404. The minimum absolute atomic E-state index is 0.0404. The summed E-state index contributed by atoms with van der Waals surface area (Å²) >= 11 is 0. The van der Waals surface area contributed by atoms with Crippen molar-refractivity contribution in [1.29, 1.82) is 0 Å². The van der Waals surface area contributed by atoms with Crippen LogP contribution in [0.25, 0.3) is 0 Å². The van der Waals surface area contributed by atoms with Crippen LogP contribution in [0.3, 0.4) is 0 Å². The molecule has 0 bridgehead atoms. The summed E-state index contributed by atoms with van der Waals surface area (Å²) < 4.78 is 22.0. The molecule has 116 valence electrons. The number of rotatable bonds is 5. The molecule has 0 radical (unpaired) electrons. The minimum Gasteiger partial charge on any atom is -0.369 e. The standard InChI is InChI=1S/C14H21N3O3S/c1-21(19,20)10-8-15-14(18)16-12-7-9-17(11-12)13-5-3-2-4-6-13/h2-6,12H,7-11H2,1H3,(H2,15,16,18)/t12-/m0/s1. The minimum atomic E-state index is -3.04. The van der Waals surface area contributed by atoms with E-state index in [1.807, 2.05) is 18.2 Å². The topological polar surface area (TPSA) is 78.5 Å². The summed E-state index contributed by atoms with van der Waals surface area (Å²) in [5.41, 5.74) is 1.15. The second-order valence-electron chi connectivity index (χ2n) is 5.30. The van der Waals surface area contributed by atoms with Crippen LogP contribution in [0.1, 0.15) is 6.42 Å². The first-order chi connectivity index (χ1) is 9.94. The van der Waals surface area contributed by atoms with Crippen molar-refractivity contribution in [1.82, 2.24) is 10.6 Å². The molecule has 1 aromatic rings. The molecule has 0 aliphatic carbocycles.